The molecule has 3 rings (SSSR count). The quantitative estimate of drug-likeness (QED) is 0.848. The van der Waals surface area contributed by atoms with E-state index in [-0.39, 0.29) is 10.6 Å². The van der Waals surface area contributed by atoms with Crippen molar-refractivity contribution in [3.05, 3.63) is 24.3 Å². The Labute approximate surface area is 126 Å². The molecular formula is C14H15F3O4S. The van der Waals surface area contributed by atoms with E-state index in [9.17, 15) is 21.6 Å². The SMILES string of the molecule is O=S(=O)(CC12CCC(CO1)C2)c1ccc(OC(F)(F)F)cc1. The number of hydrogen-bond donors (Lipinski definition) is 0. The minimum atomic E-state index is -4.80. The van der Waals surface area contributed by atoms with Crippen LogP contribution in [0.2, 0.25) is 0 Å². The summed E-state index contributed by atoms with van der Waals surface area (Å²) < 4.78 is 70.5. The first-order valence-electron chi connectivity index (χ1n) is 6.90. The van der Waals surface area contributed by atoms with E-state index in [4.69, 9.17) is 4.74 Å². The highest BCUT2D eigenvalue weighted by Gasteiger charge is 2.48. The molecule has 2 fully saturated rings. The van der Waals surface area contributed by atoms with Gasteiger partial charge in [0.15, 0.2) is 9.84 Å². The lowest BCUT2D eigenvalue weighted by Gasteiger charge is -2.26. The molecule has 1 aliphatic heterocycles. The molecule has 2 atom stereocenters. The lowest BCUT2D eigenvalue weighted by molar-refractivity contribution is -0.274. The third-order valence-corrected chi connectivity index (χ3v) is 6.06. The molecule has 2 aliphatic rings. The topological polar surface area (TPSA) is 52.6 Å². The molecule has 1 aromatic carbocycles. The molecule has 1 saturated carbocycles. The Hall–Kier alpha value is -1.28. The zero-order valence-electron chi connectivity index (χ0n) is 11.6. The number of alkyl halides is 3. The number of sulfone groups is 1. The Morgan fingerprint density at radius 1 is 1.27 bits per heavy atom. The Bertz CT molecular complexity index is 644. The maximum atomic E-state index is 12.4. The van der Waals surface area contributed by atoms with E-state index in [0.717, 1.165) is 37.1 Å². The Morgan fingerprint density at radius 3 is 2.41 bits per heavy atom. The Morgan fingerprint density at radius 2 is 1.95 bits per heavy atom. The molecule has 0 radical (unpaired) electrons. The van der Waals surface area contributed by atoms with Gasteiger partial charge in [0.25, 0.3) is 0 Å². The first-order chi connectivity index (χ1) is 10.2. The highest BCUT2D eigenvalue weighted by atomic mass is 32.2. The highest BCUT2D eigenvalue weighted by molar-refractivity contribution is 7.91. The molecule has 22 heavy (non-hydrogen) atoms. The molecule has 122 valence electrons. The number of hydrogen-bond acceptors (Lipinski definition) is 4. The van der Waals surface area contributed by atoms with Crippen molar-refractivity contribution in [2.24, 2.45) is 5.92 Å². The van der Waals surface area contributed by atoms with Crippen molar-refractivity contribution in [3.63, 3.8) is 0 Å². The molecule has 1 heterocycles. The van der Waals surface area contributed by atoms with Gasteiger partial charge in [-0.05, 0) is 49.4 Å². The smallest absolute Gasteiger partial charge is 0.406 e. The van der Waals surface area contributed by atoms with Gasteiger partial charge in [-0.25, -0.2) is 8.42 Å². The lowest BCUT2D eigenvalue weighted by Crippen LogP contribution is -2.35. The fourth-order valence-electron chi connectivity index (χ4n) is 3.22. The second kappa shape index (κ2) is 5.13. The van der Waals surface area contributed by atoms with Gasteiger partial charge in [0, 0.05) is 0 Å². The van der Waals surface area contributed by atoms with Crippen LogP contribution >= 0.6 is 0 Å². The zero-order chi connectivity index (χ0) is 16.0. The second-order valence-corrected chi connectivity index (χ2v) is 7.87. The molecule has 1 aromatic rings. The summed E-state index contributed by atoms with van der Waals surface area (Å²) in [4.78, 5) is -0.0182. The van der Waals surface area contributed by atoms with Crippen molar-refractivity contribution in [1.82, 2.24) is 0 Å². The monoisotopic (exact) mass is 336 g/mol. The molecule has 0 amide bonds. The standard InChI is InChI=1S/C14H15F3O4S/c15-14(16,17)21-11-1-3-12(4-2-11)22(18,19)9-13-6-5-10(7-13)8-20-13/h1-4,10H,5-9H2. The fraction of sp³-hybridized carbons (Fsp3) is 0.571. The Kier molecular flexibility index (Phi) is 3.64. The number of rotatable bonds is 4. The second-order valence-electron chi connectivity index (χ2n) is 5.88. The summed E-state index contributed by atoms with van der Waals surface area (Å²) in [6.07, 6.45) is -2.38. The van der Waals surface area contributed by atoms with Crippen LogP contribution in [0.25, 0.3) is 0 Å². The number of benzene rings is 1. The summed E-state index contributed by atoms with van der Waals surface area (Å²) in [5, 5.41) is 0. The molecule has 0 N–H and O–H groups in total. The zero-order valence-corrected chi connectivity index (χ0v) is 12.4. The number of fused-ring (bicyclic) bond motifs is 2. The lowest BCUT2D eigenvalue weighted by atomic mass is 10.1. The van der Waals surface area contributed by atoms with E-state index in [1.807, 2.05) is 0 Å². The number of ether oxygens (including phenoxy) is 2. The highest BCUT2D eigenvalue weighted by Crippen LogP contribution is 2.45. The average molecular weight is 336 g/mol. The molecule has 1 aliphatic carbocycles. The molecular weight excluding hydrogens is 321 g/mol. The van der Waals surface area contributed by atoms with Crippen LogP contribution in [-0.4, -0.2) is 32.7 Å². The molecule has 8 heteroatoms. The summed E-state index contributed by atoms with van der Waals surface area (Å²) in [7, 11) is -3.61. The van der Waals surface area contributed by atoms with E-state index < -0.39 is 27.6 Å². The van der Waals surface area contributed by atoms with Crippen LogP contribution < -0.4 is 4.74 Å². The molecule has 0 aromatic heterocycles. The minimum Gasteiger partial charge on any atom is -0.406 e. The molecule has 0 spiro atoms. The largest absolute Gasteiger partial charge is 0.573 e. The van der Waals surface area contributed by atoms with E-state index in [2.05, 4.69) is 4.74 Å². The van der Waals surface area contributed by atoms with Gasteiger partial charge in [-0.2, -0.15) is 0 Å². The molecule has 2 unspecified atom stereocenters. The third-order valence-electron chi connectivity index (χ3n) is 4.16. The number of halogens is 3. The summed E-state index contributed by atoms with van der Waals surface area (Å²) in [6.45, 7) is 0.591. The van der Waals surface area contributed by atoms with Crippen LogP contribution in [0, 0.1) is 5.92 Å². The van der Waals surface area contributed by atoms with E-state index in [1.54, 1.807) is 0 Å². The van der Waals surface area contributed by atoms with Crippen molar-refractivity contribution in [3.8, 4) is 5.75 Å². The van der Waals surface area contributed by atoms with Crippen molar-refractivity contribution in [2.75, 3.05) is 12.4 Å². The van der Waals surface area contributed by atoms with Gasteiger partial charge in [0.1, 0.15) is 5.75 Å². The minimum absolute atomic E-state index is 0.0182. The van der Waals surface area contributed by atoms with Gasteiger partial charge < -0.3 is 9.47 Å². The predicted molar refractivity (Wildman–Crippen MR) is 71.2 cm³/mol. The van der Waals surface area contributed by atoms with Crippen LogP contribution in [0.1, 0.15) is 19.3 Å². The van der Waals surface area contributed by atoms with Crippen molar-refractivity contribution in [1.29, 1.82) is 0 Å². The predicted octanol–water partition coefficient (Wildman–Crippen LogP) is 2.93. The van der Waals surface area contributed by atoms with E-state index in [1.165, 1.54) is 0 Å². The first kappa shape index (κ1) is 15.6. The summed E-state index contributed by atoms with van der Waals surface area (Å²) in [6, 6.07) is 4.28. The van der Waals surface area contributed by atoms with Crippen LogP contribution in [-0.2, 0) is 14.6 Å². The maximum absolute atomic E-state index is 12.4. The summed E-state index contributed by atoms with van der Waals surface area (Å²) >= 11 is 0. The van der Waals surface area contributed by atoms with Gasteiger partial charge in [0.2, 0.25) is 0 Å². The van der Waals surface area contributed by atoms with Gasteiger partial charge in [0.05, 0.1) is 22.9 Å². The molecule has 1 saturated heterocycles. The summed E-state index contributed by atoms with van der Waals surface area (Å²) in [5.74, 6) is -0.142. The van der Waals surface area contributed by atoms with Gasteiger partial charge in [-0.1, -0.05) is 0 Å². The molecule has 2 bridgehead atoms. The van der Waals surface area contributed by atoms with E-state index in [0.29, 0.717) is 18.9 Å². The van der Waals surface area contributed by atoms with Gasteiger partial charge in [-0.15, -0.1) is 13.2 Å². The first-order valence-corrected chi connectivity index (χ1v) is 8.55. The average Bonchev–Trinajstić information content (AvgIpc) is 2.96. The summed E-state index contributed by atoms with van der Waals surface area (Å²) in [5.41, 5.74) is -0.620. The fourth-order valence-corrected chi connectivity index (χ4v) is 4.97. The van der Waals surface area contributed by atoms with Gasteiger partial charge in [-0.3, -0.25) is 0 Å². The maximum Gasteiger partial charge on any atom is 0.573 e. The van der Waals surface area contributed by atoms with Gasteiger partial charge >= 0.3 is 6.36 Å². The van der Waals surface area contributed by atoms with Crippen LogP contribution in [0.15, 0.2) is 29.2 Å². The molecule has 4 nitrogen and oxygen atoms in total. The van der Waals surface area contributed by atoms with Crippen molar-refractivity contribution in [2.45, 2.75) is 36.1 Å². The van der Waals surface area contributed by atoms with Crippen LogP contribution in [0.4, 0.5) is 13.2 Å². The van der Waals surface area contributed by atoms with E-state index >= 15 is 0 Å². The van der Waals surface area contributed by atoms with Crippen LogP contribution in [0.5, 0.6) is 5.75 Å². The van der Waals surface area contributed by atoms with Crippen molar-refractivity contribution >= 4 is 9.84 Å². The Balaban J connectivity index is 1.75. The third kappa shape index (κ3) is 3.22. The van der Waals surface area contributed by atoms with Crippen LogP contribution in [0.3, 0.4) is 0 Å². The normalized spacial score (nSPS) is 28.0. The van der Waals surface area contributed by atoms with Crippen molar-refractivity contribution < 1.29 is 31.1 Å².